The van der Waals surface area contributed by atoms with Crippen molar-refractivity contribution >= 4 is 23.2 Å². The SMILES string of the molecule is [CH2-][OH+]Cc1c(Cl)cccc1Cl. The average Bonchev–Trinajstić information content (AvgIpc) is 1.97. The third-order valence-electron chi connectivity index (χ3n) is 1.33. The third-order valence-corrected chi connectivity index (χ3v) is 2.04. The summed E-state index contributed by atoms with van der Waals surface area (Å²) in [5.74, 6) is 0. The van der Waals surface area contributed by atoms with Gasteiger partial charge in [-0.2, -0.15) is 0 Å². The zero-order valence-electron chi connectivity index (χ0n) is 5.85. The van der Waals surface area contributed by atoms with E-state index in [0.29, 0.717) is 16.7 Å². The molecule has 0 spiro atoms. The van der Waals surface area contributed by atoms with Crippen LogP contribution in [0.3, 0.4) is 0 Å². The predicted molar refractivity (Wildman–Crippen MR) is 47.7 cm³/mol. The first-order chi connectivity index (χ1) is 5.25. The highest BCUT2D eigenvalue weighted by atomic mass is 35.5. The number of ether oxygens (including phenoxy) is 1. The second-order valence-corrected chi connectivity index (χ2v) is 2.90. The molecule has 1 rings (SSSR count). The molecule has 0 bridgehead atoms. The predicted octanol–water partition coefficient (Wildman–Crippen LogP) is 2.81. The molecule has 1 aromatic rings. The Morgan fingerprint density at radius 1 is 1.27 bits per heavy atom. The number of halogens is 2. The van der Waals surface area contributed by atoms with Gasteiger partial charge in [-0.15, -0.1) is 0 Å². The molecule has 0 aliphatic carbocycles. The fourth-order valence-electron chi connectivity index (χ4n) is 0.795. The van der Waals surface area contributed by atoms with E-state index < -0.39 is 0 Å². The van der Waals surface area contributed by atoms with Gasteiger partial charge in [0.05, 0.1) is 15.6 Å². The first kappa shape index (κ1) is 8.85. The van der Waals surface area contributed by atoms with Gasteiger partial charge < -0.3 is 4.74 Å². The molecule has 0 amide bonds. The van der Waals surface area contributed by atoms with E-state index in [4.69, 9.17) is 23.2 Å². The van der Waals surface area contributed by atoms with Crippen LogP contribution in [-0.4, -0.2) is 4.74 Å². The lowest BCUT2D eigenvalue weighted by molar-refractivity contribution is 0.0402. The summed E-state index contributed by atoms with van der Waals surface area (Å²) in [5, 5.41) is 1.29. The van der Waals surface area contributed by atoms with E-state index in [1.54, 1.807) is 18.2 Å². The average molecular weight is 191 g/mol. The molecule has 3 heteroatoms. The Morgan fingerprint density at radius 3 is 2.27 bits per heavy atom. The smallest absolute Gasteiger partial charge is 0.148 e. The van der Waals surface area contributed by atoms with Crippen LogP contribution in [0, 0.1) is 7.11 Å². The molecule has 0 atom stereocenters. The van der Waals surface area contributed by atoms with Crippen LogP contribution in [0.15, 0.2) is 18.2 Å². The van der Waals surface area contributed by atoms with E-state index in [2.05, 4.69) is 11.8 Å². The van der Waals surface area contributed by atoms with Crippen molar-refractivity contribution < 1.29 is 4.74 Å². The van der Waals surface area contributed by atoms with Crippen LogP contribution in [0.5, 0.6) is 0 Å². The first-order valence-electron chi connectivity index (χ1n) is 3.11. The first-order valence-corrected chi connectivity index (χ1v) is 3.86. The van der Waals surface area contributed by atoms with Crippen LogP contribution in [0.25, 0.3) is 0 Å². The maximum Gasteiger partial charge on any atom is 0.148 e. The number of hydrogen-bond donors (Lipinski definition) is 0. The lowest BCUT2D eigenvalue weighted by Crippen LogP contribution is -1.91. The molecular weight excluding hydrogens is 183 g/mol. The molecule has 0 aromatic heterocycles. The van der Waals surface area contributed by atoms with Gasteiger partial charge in [0, 0.05) is 0 Å². The maximum absolute atomic E-state index is 5.84. The lowest BCUT2D eigenvalue weighted by atomic mass is 10.2. The Kier molecular flexibility index (Phi) is 3.18. The van der Waals surface area contributed by atoms with Crippen LogP contribution < -0.4 is 0 Å². The fourth-order valence-corrected chi connectivity index (χ4v) is 1.31. The van der Waals surface area contributed by atoms with E-state index in [-0.39, 0.29) is 0 Å². The van der Waals surface area contributed by atoms with Crippen molar-refractivity contribution in [2.24, 2.45) is 0 Å². The van der Waals surface area contributed by atoms with Gasteiger partial charge >= 0.3 is 0 Å². The van der Waals surface area contributed by atoms with E-state index >= 15 is 0 Å². The molecule has 0 saturated carbocycles. The van der Waals surface area contributed by atoms with Gasteiger partial charge in [0.1, 0.15) is 6.61 Å². The van der Waals surface area contributed by atoms with Crippen LogP contribution >= 0.6 is 23.2 Å². The Labute approximate surface area is 75.9 Å². The van der Waals surface area contributed by atoms with Crippen LogP contribution in [0.2, 0.25) is 10.0 Å². The van der Waals surface area contributed by atoms with E-state index in [1.165, 1.54) is 0 Å². The second kappa shape index (κ2) is 3.96. The Hall–Kier alpha value is -0.240. The zero-order chi connectivity index (χ0) is 8.27. The summed E-state index contributed by atoms with van der Waals surface area (Å²) in [5.41, 5.74) is 0.839. The van der Waals surface area contributed by atoms with Crippen LogP contribution in [0.4, 0.5) is 0 Å². The van der Waals surface area contributed by atoms with Gasteiger partial charge in [0.15, 0.2) is 0 Å². The molecular formula is C8H8Cl2O. The summed E-state index contributed by atoms with van der Waals surface area (Å²) in [4.78, 5) is 0. The van der Waals surface area contributed by atoms with Gasteiger partial charge in [0.25, 0.3) is 0 Å². The minimum atomic E-state index is 0.471. The molecule has 0 unspecified atom stereocenters. The second-order valence-electron chi connectivity index (χ2n) is 2.08. The number of aliphatic hydroxyl groups is 2. The highest BCUT2D eigenvalue weighted by Gasteiger charge is 2.04. The largest absolute Gasteiger partial charge is 0.578 e. The molecule has 0 radical (unpaired) electrons. The highest BCUT2D eigenvalue weighted by Crippen LogP contribution is 2.24. The van der Waals surface area contributed by atoms with Crippen LogP contribution in [-0.2, 0) is 6.61 Å². The molecule has 1 N–H and O–H groups in total. The molecule has 11 heavy (non-hydrogen) atoms. The van der Waals surface area contributed by atoms with Crippen molar-refractivity contribution in [1.29, 1.82) is 0 Å². The minimum Gasteiger partial charge on any atom is -0.578 e. The standard InChI is InChI=1S/C8H8Cl2O/c1-11-5-6-7(9)3-2-4-8(6)10/h2-4,11H,1,5H2. The molecule has 60 valence electrons. The molecule has 0 fully saturated rings. The van der Waals surface area contributed by atoms with Gasteiger partial charge in [-0.25, -0.2) is 0 Å². The molecule has 1 nitrogen and oxygen atoms in total. The normalized spacial score (nSPS) is 10.1. The molecule has 0 saturated heterocycles. The molecule has 1 aromatic carbocycles. The molecule has 0 heterocycles. The van der Waals surface area contributed by atoms with Crippen LogP contribution in [0.1, 0.15) is 5.56 Å². The summed E-state index contributed by atoms with van der Waals surface area (Å²) in [6.45, 7) is 0.471. The van der Waals surface area contributed by atoms with E-state index in [9.17, 15) is 0 Å². The fraction of sp³-hybridized carbons (Fsp3) is 0.125. The monoisotopic (exact) mass is 190 g/mol. The number of benzene rings is 1. The summed E-state index contributed by atoms with van der Waals surface area (Å²) < 4.78 is 3.71. The van der Waals surface area contributed by atoms with Gasteiger partial charge in [-0.3, -0.25) is 0 Å². The number of rotatable bonds is 2. The topological polar surface area (TPSA) is 12.8 Å². The summed E-state index contributed by atoms with van der Waals surface area (Å²) in [6, 6.07) is 5.37. The van der Waals surface area contributed by atoms with Crippen molar-refractivity contribution in [3.8, 4) is 0 Å². The van der Waals surface area contributed by atoms with Gasteiger partial charge in [-0.1, -0.05) is 36.4 Å². The minimum absolute atomic E-state index is 0.471. The summed E-state index contributed by atoms with van der Waals surface area (Å²) in [6.07, 6.45) is 0. The van der Waals surface area contributed by atoms with Crippen molar-refractivity contribution in [2.45, 2.75) is 6.61 Å². The Morgan fingerprint density at radius 2 is 1.82 bits per heavy atom. The summed E-state index contributed by atoms with van der Waals surface area (Å²) in [7, 11) is 3.37. The van der Waals surface area contributed by atoms with Crippen molar-refractivity contribution in [1.82, 2.24) is 0 Å². The zero-order valence-corrected chi connectivity index (χ0v) is 7.36. The van der Waals surface area contributed by atoms with Crippen molar-refractivity contribution in [2.75, 3.05) is 0 Å². The molecule has 0 aliphatic heterocycles. The summed E-state index contributed by atoms with van der Waals surface area (Å²) >= 11 is 11.7. The lowest BCUT2D eigenvalue weighted by Gasteiger charge is -2.04. The van der Waals surface area contributed by atoms with Gasteiger partial charge in [0.2, 0.25) is 0 Å². The Balaban J connectivity index is 3.00. The number of hydrogen-bond acceptors (Lipinski definition) is 0. The van der Waals surface area contributed by atoms with E-state index in [1.807, 2.05) is 0 Å². The van der Waals surface area contributed by atoms with E-state index in [0.717, 1.165) is 5.56 Å². The van der Waals surface area contributed by atoms with Crippen molar-refractivity contribution in [3.63, 3.8) is 0 Å². The maximum atomic E-state index is 5.84. The third kappa shape index (κ3) is 2.09. The highest BCUT2D eigenvalue weighted by molar-refractivity contribution is 6.35. The van der Waals surface area contributed by atoms with Crippen molar-refractivity contribution in [3.05, 3.63) is 40.9 Å². The Bertz CT molecular complexity index is 228. The van der Waals surface area contributed by atoms with Gasteiger partial charge in [-0.05, 0) is 12.1 Å². The molecule has 0 aliphatic rings. The quantitative estimate of drug-likeness (QED) is 0.503.